The van der Waals surface area contributed by atoms with E-state index in [-0.39, 0.29) is 17.5 Å². The first kappa shape index (κ1) is 19.1. The molecule has 4 nitrogen and oxygen atoms in total. The molecule has 2 aromatic rings. The zero-order chi connectivity index (χ0) is 19.2. The molecule has 0 spiro atoms. The molecule has 1 amide bonds. The highest BCUT2D eigenvalue weighted by atomic mass is 32.2. The van der Waals surface area contributed by atoms with Gasteiger partial charge in [-0.2, -0.15) is 5.26 Å². The summed E-state index contributed by atoms with van der Waals surface area (Å²) >= 11 is 1.72. The first-order chi connectivity index (χ1) is 13.1. The number of amides is 1. The SMILES string of the molecule is COc1ccc(C=C(C#N)C(=O)NC2CC2)cc1CSc1ccc(C)cc1. The number of nitrogens with one attached hydrogen (secondary N) is 1. The van der Waals surface area contributed by atoms with Gasteiger partial charge in [0.15, 0.2) is 0 Å². The summed E-state index contributed by atoms with van der Waals surface area (Å²) in [5.74, 6) is 1.24. The number of hydrogen-bond donors (Lipinski definition) is 1. The van der Waals surface area contributed by atoms with Crippen molar-refractivity contribution in [3.8, 4) is 11.8 Å². The number of carbonyl (C=O) groups is 1. The predicted octanol–water partition coefficient (Wildman–Crippen LogP) is 4.48. The first-order valence-corrected chi connectivity index (χ1v) is 9.86. The Bertz CT molecular complexity index is 894. The molecule has 3 rings (SSSR count). The van der Waals surface area contributed by atoms with E-state index < -0.39 is 0 Å². The molecule has 0 bridgehead atoms. The Morgan fingerprint density at radius 3 is 2.67 bits per heavy atom. The molecule has 1 aliphatic rings. The van der Waals surface area contributed by atoms with Gasteiger partial charge in [0.25, 0.3) is 5.91 Å². The van der Waals surface area contributed by atoms with E-state index in [1.54, 1.807) is 24.9 Å². The largest absolute Gasteiger partial charge is 0.496 e. The van der Waals surface area contributed by atoms with Crippen LogP contribution < -0.4 is 10.1 Å². The lowest BCUT2D eigenvalue weighted by molar-refractivity contribution is -0.117. The van der Waals surface area contributed by atoms with E-state index in [0.717, 1.165) is 35.5 Å². The van der Waals surface area contributed by atoms with Gasteiger partial charge in [0.1, 0.15) is 17.4 Å². The number of carbonyl (C=O) groups excluding carboxylic acids is 1. The maximum atomic E-state index is 12.1. The molecule has 138 valence electrons. The minimum Gasteiger partial charge on any atom is -0.496 e. The predicted molar refractivity (Wildman–Crippen MR) is 108 cm³/mol. The molecule has 27 heavy (non-hydrogen) atoms. The Kier molecular flexibility index (Phi) is 6.20. The van der Waals surface area contributed by atoms with Gasteiger partial charge in [-0.3, -0.25) is 4.79 Å². The van der Waals surface area contributed by atoms with Crippen LogP contribution in [-0.2, 0) is 10.5 Å². The summed E-state index contributed by atoms with van der Waals surface area (Å²) in [5.41, 5.74) is 3.20. The van der Waals surface area contributed by atoms with Gasteiger partial charge >= 0.3 is 0 Å². The standard InChI is InChI=1S/C22H22N2O2S/c1-15-3-8-20(9-4-15)27-14-18-12-16(5-10-21(18)26-2)11-17(13-23)22(25)24-19-6-7-19/h3-5,8-12,19H,6-7,14H2,1-2H3,(H,24,25). The number of hydrogen-bond acceptors (Lipinski definition) is 4. The number of methoxy groups -OCH3 is 1. The second-order valence-electron chi connectivity index (χ2n) is 6.59. The van der Waals surface area contributed by atoms with Crippen molar-refractivity contribution in [1.82, 2.24) is 5.32 Å². The van der Waals surface area contributed by atoms with Gasteiger partial charge in [0.05, 0.1) is 7.11 Å². The highest BCUT2D eigenvalue weighted by Gasteiger charge is 2.24. The third-order valence-electron chi connectivity index (χ3n) is 4.31. The lowest BCUT2D eigenvalue weighted by atomic mass is 10.1. The van der Waals surface area contributed by atoms with E-state index in [9.17, 15) is 10.1 Å². The minimum absolute atomic E-state index is 0.129. The number of benzene rings is 2. The Labute approximate surface area is 164 Å². The average Bonchev–Trinajstić information content (AvgIpc) is 3.49. The molecular formula is C22H22N2O2S. The summed E-state index contributed by atoms with van der Waals surface area (Å²) in [6, 6.07) is 16.3. The molecule has 5 heteroatoms. The van der Waals surface area contributed by atoms with Crippen LogP contribution in [0.4, 0.5) is 0 Å². The van der Waals surface area contributed by atoms with Gasteiger partial charge in [-0.05, 0) is 55.7 Å². The van der Waals surface area contributed by atoms with Crippen molar-refractivity contribution in [1.29, 1.82) is 5.26 Å². The highest BCUT2D eigenvalue weighted by Crippen LogP contribution is 2.29. The number of thioether (sulfide) groups is 1. The van der Waals surface area contributed by atoms with E-state index >= 15 is 0 Å². The van der Waals surface area contributed by atoms with Crippen LogP contribution >= 0.6 is 11.8 Å². The zero-order valence-electron chi connectivity index (χ0n) is 15.5. The number of nitriles is 1. The van der Waals surface area contributed by atoms with Crippen LogP contribution in [0.15, 0.2) is 52.9 Å². The molecular weight excluding hydrogens is 356 g/mol. The highest BCUT2D eigenvalue weighted by molar-refractivity contribution is 7.98. The molecule has 0 radical (unpaired) electrons. The minimum atomic E-state index is -0.300. The fraction of sp³-hybridized carbons (Fsp3) is 0.273. The molecule has 0 aliphatic heterocycles. The van der Waals surface area contributed by atoms with Crippen molar-refractivity contribution in [2.24, 2.45) is 0 Å². The maximum absolute atomic E-state index is 12.1. The summed E-state index contributed by atoms with van der Waals surface area (Å²) in [6.07, 6.45) is 3.62. The summed E-state index contributed by atoms with van der Waals surface area (Å²) in [4.78, 5) is 13.3. The van der Waals surface area contributed by atoms with Crippen molar-refractivity contribution in [3.05, 3.63) is 64.7 Å². The topological polar surface area (TPSA) is 62.1 Å². The van der Waals surface area contributed by atoms with Crippen LogP contribution in [0, 0.1) is 18.3 Å². The van der Waals surface area contributed by atoms with E-state index in [4.69, 9.17) is 4.74 Å². The fourth-order valence-electron chi connectivity index (χ4n) is 2.60. The number of rotatable bonds is 7. The first-order valence-electron chi connectivity index (χ1n) is 8.88. The van der Waals surface area contributed by atoms with Crippen molar-refractivity contribution in [3.63, 3.8) is 0 Å². The Hall–Kier alpha value is -2.71. The summed E-state index contributed by atoms with van der Waals surface area (Å²) in [7, 11) is 1.65. The second-order valence-corrected chi connectivity index (χ2v) is 7.64. The summed E-state index contributed by atoms with van der Waals surface area (Å²) in [5, 5.41) is 12.2. The van der Waals surface area contributed by atoms with E-state index in [2.05, 4.69) is 36.5 Å². The van der Waals surface area contributed by atoms with E-state index in [1.807, 2.05) is 24.3 Å². The van der Waals surface area contributed by atoms with Gasteiger partial charge < -0.3 is 10.1 Å². The summed E-state index contributed by atoms with van der Waals surface area (Å²) < 4.78 is 5.47. The maximum Gasteiger partial charge on any atom is 0.262 e. The molecule has 1 N–H and O–H groups in total. The molecule has 0 heterocycles. The Morgan fingerprint density at radius 2 is 2.04 bits per heavy atom. The average molecular weight is 378 g/mol. The van der Waals surface area contributed by atoms with Gasteiger partial charge in [0, 0.05) is 22.3 Å². The van der Waals surface area contributed by atoms with Crippen LogP contribution in [0.25, 0.3) is 6.08 Å². The second kappa shape index (κ2) is 8.79. The fourth-order valence-corrected chi connectivity index (χ4v) is 3.48. The Morgan fingerprint density at radius 1 is 1.30 bits per heavy atom. The van der Waals surface area contributed by atoms with Crippen molar-refractivity contribution < 1.29 is 9.53 Å². The summed E-state index contributed by atoms with van der Waals surface area (Å²) in [6.45, 7) is 2.07. The van der Waals surface area contributed by atoms with Crippen molar-refractivity contribution in [2.75, 3.05) is 7.11 Å². The molecule has 1 saturated carbocycles. The van der Waals surface area contributed by atoms with Gasteiger partial charge in [0.2, 0.25) is 0 Å². The number of nitrogens with zero attached hydrogens (tertiary/aromatic N) is 1. The molecule has 0 saturated heterocycles. The quantitative estimate of drug-likeness (QED) is 0.438. The van der Waals surface area contributed by atoms with E-state index in [0.29, 0.717) is 0 Å². The van der Waals surface area contributed by atoms with Crippen LogP contribution in [0.5, 0.6) is 5.75 Å². The van der Waals surface area contributed by atoms with Gasteiger partial charge in [-0.15, -0.1) is 11.8 Å². The van der Waals surface area contributed by atoms with Crippen molar-refractivity contribution >= 4 is 23.7 Å². The molecule has 0 atom stereocenters. The number of ether oxygens (including phenoxy) is 1. The zero-order valence-corrected chi connectivity index (χ0v) is 16.3. The molecule has 0 unspecified atom stereocenters. The monoisotopic (exact) mass is 378 g/mol. The lowest BCUT2D eigenvalue weighted by Gasteiger charge is -2.10. The number of aryl methyl sites for hydroxylation is 1. The third-order valence-corrected chi connectivity index (χ3v) is 5.37. The van der Waals surface area contributed by atoms with Crippen LogP contribution in [0.2, 0.25) is 0 Å². The van der Waals surface area contributed by atoms with Gasteiger partial charge in [-0.25, -0.2) is 0 Å². The third kappa shape index (κ3) is 5.38. The van der Waals surface area contributed by atoms with Crippen LogP contribution in [0.1, 0.15) is 29.5 Å². The smallest absolute Gasteiger partial charge is 0.262 e. The van der Waals surface area contributed by atoms with Crippen LogP contribution in [0.3, 0.4) is 0 Å². The van der Waals surface area contributed by atoms with Crippen molar-refractivity contribution in [2.45, 2.75) is 36.5 Å². The molecule has 1 fully saturated rings. The molecule has 2 aromatic carbocycles. The van der Waals surface area contributed by atoms with E-state index in [1.165, 1.54) is 10.5 Å². The lowest BCUT2D eigenvalue weighted by Crippen LogP contribution is -2.26. The molecule has 1 aliphatic carbocycles. The Balaban J connectivity index is 1.77. The van der Waals surface area contributed by atoms with Gasteiger partial charge in [-0.1, -0.05) is 23.8 Å². The van der Waals surface area contributed by atoms with Crippen LogP contribution in [-0.4, -0.2) is 19.1 Å². The normalized spacial score (nSPS) is 13.7. The molecule has 0 aromatic heterocycles.